The van der Waals surface area contributed by atoms with Gasteiger partial charge in [-0.1, -0.05) is 25.1 Å². The van der Waals surface area contributed by atoms with Crippen molar-refractivity contribution >= 4 is 17.3 Å². The lowest BCUT2D eigenvalue weighted by atomic mass is 9.91. The number of aryl methyl sites for hydroxylation is 1. The normalized spacial score (nSPS) is 13.2. The molecule has 6 nitrogen and oxygen atoms in total. The predicted octanol–water partition coefficient (Wildman–Crippen LogP) is 5.10. The van der Waals surface area contributed by atoms with E-state index in [1.54, 1.807) is 18.3 Å². The van der Waals surface area contributed by atoms with Gasteiger partial charge in [0.2, 0.25) is 5.89 Å². The third kappa shape index (κ3) is 4.86. The molecule has 3 rings (SSSR count). The van der Waals surface area contributed by atoms with Crippen LogP contribution in [-0.4, -0.2) is 28.3 Å². The molecule has 154 valence electrons. The molecule has 0 unspecified atom stereocenters. The number of ether oxygens (including phenoxy) is 2. The van der Waals surface area contributed by atoms with Crippen molar-refractivity contribution in [2.75, 3.05) is 6.61 Å². The number of hydrogen-bond donors (Lipinski definition) is 1. The zero-order chi connectivity index (χ0) is 20.9. The molecule has 0 amide bonds. The Morgan fingerprint density at radius 3 is 2.59 bits per heavy atom. The molecule has 0 fully saturated rings. The van der Waals surface area contributed by atoms with Gasteiger partial charge in [-0.15, -0.1) is 11.3 Å². The third-order valence-corrected chi connectivity index (χ3v) is 5.65. The Balaban J connectivity index is 1.65. The van der Waals surface area contributed by atoms with Crippen LogP contribution in [0.4, 0.5) is 0 Å². The minimum atomic E-state index is -1.20. The van der Waals surface area contributed by atoms with Crippen LogP contribution in [-0.2, 0) is 22.6 Å². The molecule has 2 heterocycles. The van der Waals surface area contributed by atoms with E-state index in [-0.39, 0.29) is 0 Å². The standard InChI is InChI=1S/C22H25NO5S/c1-4-22(21(24)25,27-5-2)13-16-8-10-17(11-9-16)26-14-18-15(3)28-20(23-18)19-7-6-12-29-19/h6-12H,4-5,13-14H2,1-3H3,(H,24,25)/t22-/m0/s1. The summed E-state index contributed by atoms with van der Waals surface area (Å²) in [5.74, 6) is 1.08. The highest BCUT2D eigenvalue weighted by atomic mass is 32.1. The van der Waals surface area contributed by atoms with Crippen LogP contribution in [0.5, 0.6) is 5.75 Å². The molecule has 0 aliphatic carbocycles. The minimum Gasteiger partial charge on any atom is -0.487 e. The van der Waals surface area contributed by atoms with Gasteiger partial charge in [-0.25, -0.2) is 9.78 Å². The first-order chi connectivity index (χ1) is 14.0. The van der Waals surface area contributed by atoms with Crippen LogP contribution in [0.1, 0.15) is 37.3 Å². The summed E-state index contributed by atoms with van der Waals surface area (Å²) in [6, 6.07) is 11.3. The molecule has 29 heavy (non-hydrogen) atoms. The van der Waals surface area contributed by atoms with Crippen molar-refractivity contribution in [3.05, 3.63) is 58.8 Å². The van der Waals surface area contributed by atoms with Crippen LogP contribution in [0.15, 0.2) is 46.2 Å². The number of oxazole rings is 1. The van der Waals surface area contributed by atoms with Gasteiger partial charge in [-0.2, -0.15) is 0 Å². The zero-order valence-corrected chi connectivity index (χ0v) is 17.6. The Morgan fingerprint density at radius 1 is 1.24 bits per heavy atom. The number of thiophene rings is 1. The quantitative estimate of drug-likeness (QED) is 0.496. The maximum Gasteiger partial charge on any atom is 0.336 e. The van der Waals surface area contributed by atoms with E-state index in [4.69, 9.17) is 13.9 Å². The summed E-state index contributed by atoms with van der Waals surface area (Å²) in [7, 11) is 0. The van der Waals surface area contributed by atoms with Gasteiger partial charge < -0.3 is 19.0 Å². The first kappa shape index (κ1) is 21.1. The average molecular weight is 416 g/mol. The number of aromatic nitrogens is 1. The van der Waals surface area contributed by atoms with Crippen LogP contribution in [0.25, 0.3) is 10.8 Å². The number of carbonyl (C=O) groups is 1. The van der Waals surface area contributed by atoms with E-state index in [9.17, 15) is 9.90 Å². The monoisotopic (exact) mass is 415 g/mol. The van der Waals surface area contributed by atoms with Crippen LogP contribution >= 0.6 is 11.3 Å². The number of rotatable bonds is 10. The van der Waals surface area contributed by atoms with Crippen molar-refractivity contribution in [3.8, 4) is 16.5 Å². The molecule has 7 heteroatoms. The van der Waals surface area contributed by atoms with Gasteiger partial charge in [-0.05, 0) is 49.4 Å². The molecule has 0 aliphatic rings. The smallest absolute Gasteiger partial charge is 0.336 e. The lowest BCUT2D eigenvalue weighted by Gasteiger charge is -2.28. The first-order valence-electron chi connectivity index (χ1n) is 9.56. The molecule has 2 aromatic heterocycles. The summed E-state index contributed by atoms with van der Waals surface area (Å²) in [4.78, 5) is 17.2. The first-order valence-corrected chi connectivity index (χ1v) is 10.4. The SMILES string of the molecule is CCO[C@@](CC)(Cc1ccc(OCc2nc(-c3cccs3)oc2C)cc1)C(=O)O. The molecular weight excluding hydrogens is 390 g/mol. The molecule has 0 aliphatic heterocycles. The van der Waals surface area contributed by atoms with Crippen molar-refractivity contribution < 1.29 is 23.8 Å². The van der Waals surface area contributed by atoms with Crippen molar-refractivity contribution in [3.63, 3.8) is 0 Å². The molecule has 1 N–H and O–H groups in total. The summed E-state index contributed by atoms with van der Waals surface area (Å²) in [6.45, 7) is 6.15. The van der Waals surface area contributed by atoms with E-state index in [0.717, 1.165) is 21.9 Å². The van der Waals surface area contributed by atoms with Crippen molar-refractivity contribution in [2.45, 2.75) is 45.8 Å². The summed E-state index contributed by atoms with van der Waals surface area (Å²) < 4.78 is 17.1. The second kappa shape index (κ2) is 9.24. The second-order valence-electron chi connectivity index (χ2n) is 6.69. The van der Waals surface area contributed by atoms with Crippen LogP contribution in [0.3, 0.4) is 0 Å². The van der Waals surface area contributed by atoms with Crippen LogP contribution in [0, 0.1) is 6.92 Å². The molecule has 1 aromatic carbocycles. The van der Waals surface area contributed by atoms with E-state index in [2.05, 4.69) is 4.98 Å². The Bertz CT molecular complexity index is 933. The summed E-state index contributed by atoms with van der Waals surface area (Å²) in [5.41, 5.74) is 0.435. The fraction of sp³-hybridized carbons (Fsp3) is 0.364. The van der Waals surface area contributed by atoms with E-state index in [1.807, 2.05) is 55.6 Å². The van der Waals surface area contributed by atoms with E-state index < -0.39 is 11.6 Å². The molecule has 0 spiro atoms. The summed E-state index contributed by atoms with van der Waals surface area (Å²) >= 11 is 1.58. The molecule has 3 aromatic rings. The highest BCUT2D eigenvalue weighted by Crippen LogP contribution is 2.27. The second-order valence-corrected chi connectivity index (χ2v) is 7.64. The molecule has 0 saturated carbocycles. The van der Waals surface area contributed by atoms with Crippen LogP contribution in [0.2, 0.25) is 0 Å². The minimum absolute atomic E-state index is 0.299. The van der Waals surface area contributed by atoms with Gasteiger partial charge in [0.15, 0.2) is 5.60 Å². The van der Waals surface area contributed by atoms with Gasteiger partial charge >= 0.3 is 5.97 Å². The van der Waals surface area contributed by atoms with Gasteiger partial charge in [0.1, 0.15) is 23.8 Å². The third-order valence-electron chi connectivity index (χ3n) is 4.79. The number of aliphatic carboxylic acids is 1. The summed E-state index contributed by atoms with van der Waals surface area (Å²) in [6.07, 6.45) is 0.700. The molecule has 0 radical (unpaired) electrons. The number of benzene rings is 1. The van der Waals surface area contributed by atoms with Crippen molar-refractivity contribution in [1.29, 1.82) is 0 Å². The zero-order valence-electron chi connectivity index (χ0n) is 16.8. The predicted molar refractivity (Wildman–Crippen MR) is 111 cm³/mol. The lowest BCUT2D eigenvalue weighted by Crippen LogP contribution is -2.43. The Labute approximate surface area is 174 Å². The van der Waals surface area contributed by atoms with E-state index in [1.165, 1.54) is 0 Å². The van der Waals surface area contributed by atoms with E-state index in [0.29, 0.717) is 37.7 Å². The van der Waals surface area contributed by atoms with Gasteiger partial charge in [0.25, 0.3) is 0 Å². The highest BCUT2D eigenvalue weighted by Gasteiger charge is 2.37. The molecule has 1 atom stereocenters. The number of hydrogen-bond acceptors (Lipinski definition) is 6. The Kier molecular flexibility index (Phi) is 6.71. The fourth-order valence-corrected chi connectivity index (χ4v) is 3.74. The maximum absolute atomic E-state index is 11.7. The average Bonchev–Trinajstić information content (AvgIpc) is 3.36. The highest BCUT2D eigenvalue weighted by molar-refractivity contribution is 7.13. The molecule has 0 bridgehead atoms. The van der Waals surface area contributed by atoms with Gasteiger partial charge in [0.05, 0.1) is 4.88 Å². The van der Waals surface area contributed by atoms with Gasteiger partial charge in [-0.3, -0.25) is 0 Å². The maximum atomic E-state index is 11.7. The number of carboxylic acid groups (broad SMARTS) is 1. The van der Waals surface area contributed by atoms with Crippen molar-refractivity contribution in [2.24, 2.45) is 0 Å². The Hall–Kier alpha value is -2.64. The Morgan fingerprint density at radius 2 is 2.00 bits per heavy atom. The topological polar surface area (TPSA) is 81.8 Å². The fourth-order valence-electron chi connectivity index (χ4n) is 3.10. The number of nitrogens with zero attached hydrogens (tertiary/aromatic N) is 1. The lowest BCUT2D eigenvalue weighted by molar-refractivity contribution is -0.166. The van der Waals surface area contributed by atoms with E-state index >= 15 is 0 Å². The van der Waals surface area contributed by atoms with Crippen molar-refractivity contribution in [1.82, 2.24) is 4.98 Å². The molecule has 0 saturated heterocycles. The largest absolute Gasteiger partial charge is 0.487 e. The van der Waals surface area contributed by atoms with Crippen LogP contribution < -0.4 is 4.74 Å². The molecular formula is C22H25NO5S. The number of carboxylic acids is 1. The van der Waals surface area contributed by atoms with Gasteiger partial charge in [0, 0.05) is 13.0 Å². The summed E-state index contributed by atoms with van der Waals surface area (Å²) in [5, 5.41) is 11.6.